The average molecular weight is 316 g/mol. The second-order valence-corrected chi connectivity index (χ2v) is 4.86. The maximum absolute atomic E-state index is 5.98. The Labute approximate surface area is 118 Å². The first-order valence-electron chi connectivity index (χ1n) is 5.61. The summed E-state index contributed by atoms with van der Waals surface area (Å²) >= 11 is 3.40. The smallest absolute Gasteiger partial charge is 0.136 e. The molecule has 0 atom stereocenters. The predicted octanol–water partition coefficient (Wildman–Crippen LogP) is 2.67. The van der Waals surface area contributed by atoms with E-state index in [1.165, 1.54) is 0 Å². The van der Waals surface area contributed by atoms with E-state index in [1.807, 2.05) is 24.3 Å². The Morgan fingerprint density at radius 3 is 2.58 bits per heavy atom. The molecular weight excluding hydrogens is 306 g/mol. The van der Waals surface area contributed by atoms with Crippen LogP contribution in [0.2, 0.25) is 0 Å². The van der Waals surface area contributed by atoms with Crippen LogP contribution in [-0.2, 0) is 0 Å². The van der Waals surface area contributed by atoms with Gasteiger partial charge in [0.15, 0.2) is 0 Å². The fourth-order valence-electron chi connectivity index (χ4n) is 1.73. The molecule has 0 aliphatic carbocycles. The van der Waals surface area contributed by atoms with Gasteiger partial charge in [-0.1, -0.05) is 15.9 Å². The van der Waals surface area contributed by atoms with E-state index in [9.17, 15) is 0 Å². The lowest BCUT2D eigenvalue weighted by Crippen LogP contribution is -1.95. The number of benzene rings is 1. The second kappa shape index (κ2) is 4.81. The minimum atomic E-state index is 0.573. The lowest BCUT2D eigenvalue weighted by Gasteiger charge is -2.00. The van der Waals surface area contributed by atoms with E-state index in [4.69, 9.17) is 5.73 Å². The van der Waals surface area contributed by atoms with Gasteiger partial charge in [0.05, 0.1) is 23.8 Å². The molecule has 2 heterocycles. The van der Waals surface area contributed by atoms with Gasteiger partial charge in [0.2, 0.25) is 0 Å². The van der Waals surface area contributed by atoms with Gasteiger partial charge in [-0.25, -0.2) is 4.68 Å². The number of nitrogens with two attached hydrogens (primary N) is 1. The molecule has 2 N–H and O–H groups in total. The molecule has 3 rings (SSSR count). The van der Waals surface area contributed by atoms with Crippen LogP contribution in [0.15, 0.2) is 53.5 Å². The third-order valence-corrected chi connectivity index (χ3v) is 3.17. The summed E-state index contributed by atoms with van der Waals surface area (Å²) in [4.78, 5) is 8.23. The first-order chi connectivity index (χ1) is 9.24. The van der Waals surface area contributed by atoms with Crippen LogP contribution in [0, 0.1) is 0 Å². The zero-order valence-corrected chi connectivity index (χ0v) is 11.4. The minimum absolute atomic E-state index is 0.573. The summed E-state index contributed by atoms with van der Waals surface area (Å²) in [6.45, 7) is 0. The van der Waals surface area contributed by atoms with E-state index in [0.29, 0.717) is 17.1 Å². The molecule has 1 aromatic carbocycles. The van der Waals surface area contributed by atoms with Crippen LogP contribution in [0.25, 0.3) is 17.1 Å². The molecule has 6 heteroatoms. The molecule has 0 aliphatic heterocycles. The molecule has 0 amide bonds. The standard InChI is InChI=1S/C13H10BrN5/c14-9-1-3-10(4-2-9)19-8-11(15)13(18-19)12-7-16-5-6-17-12/h1-8H,15H2. The average Bonchev–Trinajstić information content (AvgIpc) is 2.83. The number of rotatable bonds is 2. The summed E-state index contributed by atoms with van der Waals surface area (Å²) < 4.78 is 2.75. The highest BCUT2D eigenvalue weighted by atomic mass is 79.9. The zero-order chi connectivity index (χ0) is 13.2. The SMILES string of the molecule is Nc1cn(-c2ccc(Br)cc2)nc1-c1cnccn1. The summed E-state index contributed by atoms with van der Waals surface area (Å²) in [6, 6.07) is 7.82. The van der Waals surface area contributed by atoms with Gasteiger partial charge in [-0.3, -0.25) is 9.97 Å². The molecule has 5 nitrogen and oxygen atoms in total. The maximum Gasteiger partial charge on any atom is 0.136 e. The van der Waals surface area contributed by atoms with E-state index >= 15 is 0 Å². The third kappa shape index (κ3) is 2.34. The normalized spacial score (nSPS) is 10.6. The lowest BCUT2D eigenvalue weighted by atomic mass is 10.3. The summed E-state index contributed by atoms with van der Waals surface area (Å²) in [5.41, 5.74) is 8.79. The minimum Gasteiger partial charge on any atom is -0.396 e. The summed E-state index contributed by atoms with van der Waals surface area (Å²) in [7, 11) is 0. The number of hydrogen-bond acceptors (Lipinski definition) is 4. The molecular formula is C13H10BrN5. The highest BCUT2D eigenvalue weighted by molar-refractivity contribution is 9.10. The Morgan fingerprint density at radius 2 is 1.89 bits per heavy atom. The van der Waals surface area contributed by atoms with E-state index in [2.05, 4.69) is 31.0 Å². The fourth-order valence-corrected chi connectivity index (χ4v) is 2.00. The quantitative estimate of drug-likeness (QED) is 0.789. The molecule has 2 aromatic heterocycles. The first-order valence-corrected chi connectivity index (χ1v) is 6.41. The molecule has 0 fully saturated rings. The van der Waals surface area contributed by atoms with Crippen LogP contribution in [0.3, 0.4) is 0 Å². The van der Waals surface area contributed by atoms with E-state index in [0.717, 1.165) is 10.2 Å². The summed E-state index contributed by atoms with van der Waals surface area (Å²) in [5, 5.41) is 4.45. The monoisotopic (exact) mass is 315 g/mol. The van der Waals surface area contributed by atoms with Gasteiger partial charge in [0.1, 0.15) is 11.4 Å². The topological polar surface area (TPSA) is 69.6 Å². The van der Waals surface area contributed by atoms with Crippen molar-refractivity contribution in [2.75, 3.05) is 5.73 Å². The highest BCUT2D eigenvalue weighted by Gasteiger charge is 2.10. The number of nitrogens with zero attached hydrogens (tertiary/aromatic N) is 4. The zero-order valence-electron chi connectivity index (χ0n) is 9.86. The Morgan fingerprint density at radius 1 is 1.11 bits per heavy atom. The Bertz CT molecular complexity index is 691. The van der Waals surface area contributed by atoms with Crippen LogP contribution in [0.5, 0.6) is 0 Å². The van der Waals surface area contributed by atoms with Crippen molar-refractivity contribution in [3.05, 3.63) is 53.5 Å². The number of hydrogen-bond donors (Lipinski definition) is 1. The van der Waals surface area contributed by atoms with E-state index < -0.39 is 0 Å². The van der Waals surface area contributed by atoms with Crippen molar-refractivity contribution in [2.45, 2.75) is 0 Å². The van der Waals surface area contributed by atoms with Crippen molar-refractivity contribution >= 4 is 21.6 Å². The summed E-state index contributed by atoms with van der Waals surface area (Å²) in [5.74, 6) is 0. The van der Waals surface area contributed by atoms with Crippen molar-refractivity contribution in [3.63, 3.8) is 0 Å². The van der Waals surface area contributed by atoms with Gasteiger partial charge in [-0.15, -0.1) is 0 Å². The van der Waals surface area contributed by atoms with Crippen LogP contribution >= 0.6 is 15.9 Å². The largest absolute Gasteiger partial charge is 0.396 e. The van der Waals surface area contributed by atoms with Crippen molar-refractivity contribution in [3.8, 4) is 17.1 Å². The number of nitrogen functional groups attached to an aromatic ring is 1. The molecule has 0 bridgehead atoms. The molecule has 0 radical (unpaired) electrons. The van der Waals surface area contributed by atoms with Crippen LogP contribution in [0.1, 0.15) is 0 Å². The van der Waals surface area contributed by atoms with Crippen molar-refractivity contribution in [1.29, 1.82) is 0 Å². The Balaban J connectivity index is 2.04. The molecule has 0 saturated carbocycles. The van der Waals surface area contributed by atoms with Crippen molar-refractivity contribution < 1.29 is 0 Å². The van der Waals surface area contributed by atoms with Crippen LogP contribution in [-0.4, -0.2) is 19.7 Å². The molecule has 3 aromatic rings. The molecule has 19 heavy (non-hydrogen) atoms. The molecule has 94 valence electrons. The first kappa shape index (κ1) is 11.9. The molecule has 0 saturated heterocycles. The van der Waals surface area contributed by atoms with Crippen LogP contribution in [0.4, 0.5) is 5.69 Å². The van der Waals surface area contributed by atoms with Gasteiger partial charge in [-0.05, 0) is 24.3 Å². The predicted molar refractivity (Wildman–Crippen MR) is 76.7 cm³/mol. The Hall–Kier alpha value is -2.21. The molecule has 0 aliphatic rings. The van der Waals surface area contributed by atoms with Crippen molar-refractivity contribution in [2.24, 2.45) is 0 Å². The van der Waals surface area contributed by atoms with Gasteiger partial charge in [0, 0.05) is 16.9 Å². The van der Waals surface area contributed by atoms with Gasteiger partial charge in [0.25, 0.3) is 0 Å². The number of halogens is 1. The number of aromatic nitrogens is 4. The highest BCUT2D eigenvalue weighted by Crippen LogP contribution is 2.23. The van der Waals surface area contributed by atoms with E-state index in [1.54, 1.807) is 29.5 Å². The van der Waals surface area contributed by atoms with Gasteiger partial charge >= 0.3 is 0 Å². The van der Waals surface area contributed by atoms with E-state index in [-0.39, 0.29) is 0 Å². The molecule has 0 unspecified atom stereocenters. The van der Waals surface area contributed by atoms with Gasteiger partial charge < -0.3 is 5.73 Å². The molecule has 0 spiro atoms. The number of anilines is 1. The third-order valence-electron chi connectivity index (χ3n) is 2.64. The fraction of sp³-hybridized carbons (Fsp3) is 0. The lowest BCUT2D eigenvalue weighted by molar-refractivity contribution is 0.881. The maximum atomic E-state index is 5.98. The van der Waals surface area contributed by atoms with Crippen LogP contribution < -0.4 is 5.73 Å². The van der Waals surface area contributed by atoms with Gasteiger partial charge in [-0.2, -0.15) is 5.10 Å². The van der Waals surface area contributed by atoms with Crippen molar-refractivity contribution in [1.82, 2.24) is 19.7 Å². The summed E-state index contributed by atoms with van der Waals surface area (Å²) in [6.07, 6.45) is 6.65. The second-order valence-electron chi connectivity index (χ2n) is 3.94. The Kier molecular flexibility index (Phi) is 3.00.